The third kappa shape index (κ3) is 3.73. The number of hydrogen-bond donors (Lipinski definition) is 1. The van der Waals surface area contributed by atoms with Crippen molar-refractivity contribution in [2.24, 2.45) is 0 Å². The lowest BCUT2D eigenvalue weighted by Crippen LogP contribution is -2.27. The number of fused-ring (bicyclic) bond motifs is 1. The third-order valence-corrected chi connectivity index (χ3v) is 3.12. The van der Waals surface area contributed by atoms with Crippen molar-refractivity contribution in [2.75, 3.05) is 13.2 Å². The lowest BCUT2D eigenvalue weighted by molar-refractivity contribution is 0.307. The Morgan fingerprint density at radius 2 is 2.00 bits per heavy atom. The molecule has 0 aliphatic heterocycles. The fourth-order valence-corrected chi connectivity index (χ4v) is 1.93. The number of aromatic nitrogens is 2. The molecule has 0 radical (unpaired) electrons. The molecule has 0 atom stereocenters. The molecule has 2 aromatic heterocycles. The summed E-state index contributed by atoms with van der Waals surface area (Å²) in [5, 5.41) is 3.33. The Kier molecular flexibility index (Phi) is 4.33. The number of pyridine rings is 1. The minimum absolute atomic E-state index is 0.0637. The van der Waals surface area contributed by atoms with Gasteiger partial charge in [-0.15, -0.1) is 0 Å². The summed E-state index contributed by atoms with van der Waals surface area (Å²) in [7, 11) is 0. The van der Waals surface area contributed by atoms with Crippen LogP contribution in [0.25, 0.3) is 5.65 Å². The van der Waals surface area contributed by atoms with Crippen molar-refractivity contribution >= 4 is 5.65 Å². The molecule has 20 heavy (non-hydrogen) atoms. The monoisotopic (exact) mass is 275 g/mol. The Morgan fingerprint density at radius 1 is 1.25 bits per heavy atom. The van der Waals surface area contributed by atoms with Crippen molar-refractivity contribution in [3.05, 3.63) is 30.2 Å². The second kappa shape index (κ2) is 5.83. The van der Waals surface area contributed by atoms with Crippen LogP contribution >= 0.6 is 0 Å². The fraction of sp³-hybridized carbons (Fsp3) is 0.562. The molecule has 2 rings (SSSR count). The minimum atomic E-state index is 0.0637. The van der Waals surface area contributed by atoms with Gasteiger partial charge in [0.25, 0.3) is 0 Å². The van der Waals surface area contributed by atoms with Gasteiger partial charge in [-0.1, -0.05) is 34.6 Å². The molecule has 2 heterocycles. The van der Waals surface area contributed by atoms with Crippen LogP contribution in [0.1, 0.15) is 40.3 Å². The van der Waals surface area contributed by atoms with Gasteiger partial charge < -0.3 is 14.5 Å². The van der Waals surface area contributed by atoms with E-state index in [0.29, 0.717) is 12.6 Å². The van der Waals surface area contributed by atoms with E-state index in [-0.39, 0.29) is 5.41 Å². The molecule has 0 saturated carbocycles. The maximum Gasteiger partial charge on any atom is 0.137 e. The molecule has 0 saturated heterocycles. The summed E-state index contributed by atoms with van der Waals surface area (Å²) >= 11 is 0. The largest absolute Gasteiger partial charge is 0.491 e. The smallest absolute Gasteiger partial charge is 0.137 e. The van der Waals surface area contributed by atoms with Crippen LogP contribution in [0.5, 0.6) is 5.75 Å². The summed E-state index contributed by atoms with van der Waals surface area (Å²) in [6.07, 6.45) is 4.07. The second-order valence-corrected chi connectivity index (χ2v) is 6.46. The second-order valence-electron chi connectivity index (χ2n) is 6.46. The van der Waals surface area contributed by atoms with E-state index in [2.05, 4.69) is 51.1 Å². The van der Waals surface area contributed by atoms with Crippen LogP contribution < -0.4 is 10.1 Å². The molecule has 0 aliphatic carbocycles. The normalized spacial score (nSPS) is 12.3. The summed E-state index contributed by atoms with van der Waals surface area (Å²) in [6.45, 7) is 12.3. The molecule has 2 aromatic rings. The first-order valence-corrected chi connectivity index (χ1v) is 7.21. The van der Waals surface area contributed by atoms with Gasteiger partial charge >= 0.3 is 0 Å². The third-order valence-electron chi connectivity index (χ3n) is 3.12. The summed E-state index contributed by atoms with van der Waals surface area (Å²) in [5.41, 5.74) is 2.12. The van der Waals surface area contributed by atoms with Crippen molar-refractivity contribution < 1.29 is 4.74 Å². The molecule has 0 aliphatic rings. The van der Waals surface area contributed by atoms with Gasteiger partial charge in [0.1, 0.15) is 18.0 Å². The van der Waals surface area contributed by atoms with Crippen LogP contribution in [-0.4, -0.2) is 28.6 Å². The number of nitrogens with one attached hydrogen (secondary N) is 1. The van der Waals surface area contributed by atoms with Crippen LogP contribution in [0.15, 0.2) is 24.5 Å². The van der Waals surface area contributed by atoms with Gasteiger partial charge in [0.15, 0.2) is 0 Å². The summed E-state index contributed by atoms with van der Waals surface area (Å²) in [6, 6.07) is 4.47. The number of imidazole rings is 1. The van der Waals surface area contributed by atoms with Gasteiger partial charge in [0, 0.05) is 24.2 Å². The Labute approximate surface area is 121 Å². The average Bonchev–Trinajstić information content (AvgIpc) is 2.77. The van der Waals surface area contributed by atoms with Gasteiger partial charge in [-0.25, -0.2) is 4.98 Å². The molecule has 0 spiro atoms. The Morgan fingerprint density at radius 3 is 2.65 bits per heavy atom. The fourth-order valence-electron chi connectivity index (χ4n) is 1.93. The van der Waals surface area contributed by atoms with E-state index in [1.165, 1.54) is 0 Å². The zero-order valence-electron chi connectivity index (χ0n) is 13.1. The number of ether oxygens (including phenoxy) is 1. The summed E-state index contributed by atoms with van der Waals surface area (Å²) < 4.78 is 7.78. The quantitative estimate of drug-likeness (QED) is 0.853. The molecule has 1 N–H and O–H groups in total. The Balaban J connectivity index is 2.05. The maximum absolute atomic E-state index is 5.75. The van der Waals surface area contributed by atoms with E-state index in [4.69, 9.17) is 4.74 Å². The predicted molar refractivity (Wildman–Crippen MR) is 82.5 cm³/mol. The summed E-state index contributed by atoms with van der Waals surface area (Å²) in [5.74, 6) is 0.876. The van der Waals surface area contributed by atoms with E-state index in [0.717, 1.165) is 23.6 Å². The highest BCUT2D eigenvalue weighted by atomic mass is 16.5. The lowest BCUT2D eigenvalue weighted by Gasteiger charge is -2.13. The minimum Gasteiger partial charge on any atom is -0.491 e. The topological polar surface area (TPSA) is 38.6 Å². The van der Waals surface area contributed by atoms with E-state index in [1.807, 2.05) is 22.7 Å². The predicted octanol–water partition coefficient (Wildman–Crippen LogP) is 3.01. The summed E-state index contributed by atoms with van der Waals surface area (Å²) in [4.78, 5) is 4.64. The molecular formula is C16H25N3O. The van der Waals surface area contributed by atoms with Gasteiger partial charge in [0.2, 0.25) is 0 Å². The highest BCUT2D eigenvalue weighted by Crippen LogP contribution is 2.22. The van der Waals surface area contributed by atoms with Gasteiger partial charge in [-0.3, -0.25) is 0 Å². The van der Waals surface area contributed by atoms with Crippen molar-refractivity contribution in [3.63, 3.8) is 0 Å². The van der Waals surface area contributed by atoms with Crippen molar-refractivity contribution in [1.29, 1.82) is 0 Å². The van der Waals surface area contributed by atoms with Crippen LogP contribution in [0.2, 0.25) is 0 Å². The van der Waals surface area contributed by atoms with E-state index in [9.17, 15) is 0 Å². The molecule has 0 aromatic carbocycles. The van der Waals surface area contributed by atoms with Crippen molar-refractivity contribution in [3.8, 4) is 5.75 Å². The zero-order chi connectivity index (χ0) is 14.8. The number of rotatable bonds is 5. The Bertz CT molecular complexity index is 567. The average molecular weight is 275 g/mol. The van der Waals surface area contributed by atoms with Crippen LogP contribution in [0.4, 0.5) is 0 Å². The number of hydrogen-bond acceptors (Lipinski definition) is 3. The highest BCUT2D eigenvalue weighted by Gasteiger charge is 2.17. The highest BCUT2D eigenvalue weighted by molar-refractivity contribution is 5.44. The van der Waals surface area contributed by atoms with Crippen LogP contribution in [0.3, 0.4) is 0 Å². The SMILES string of the molecule is CC(C)NCCOc1ccc2nc(C(C)(C)C)cn2c1. The van der Waals surface area contributed by atoms with Gasteiger partial charge in [-0.2, -0.15) is 0 Å². The molecular weight excluding hydrogens is 250 g/mol. The van der Waals surface area contributed by atoms with E-state index >= 15 is 0 Å². The zero-order valence-corrected chi connectivity index (χ0v) is 13.1. The van der Waals surface area contributed by atoms with Crippen molar-refractivity contribution in [2.45, 2.75) is 46.1 Å². The molecule has 4 heteroatoms. The maximum atomic E-state index is 5.75. The molecule has 0 unspecified atom stereocenters. The standard InChI is InChI=1S/C16H25N3O/c1-12(2)17-8-9-20-13-6-7-15-18-14(16(3,4)5)11-19(15)10-13/h6-7,10-12,17H,8-9H2,1-5H3. The first-order chi connectivity index (χ1) is 9.36. The molecule has 0 fully saturated rings. The van der Waals surface area contributed by atoms with Gasteiger partial charge in [0.05, 0.1) is 11.9 Å². The number of nitrogens with zero attached hydrogens (tertiary/aromatic N) is 2. The van der Waals surface area contributed by atoms with E-state index < -0.39 is 0 Å². The first kappa shape index (κ1) is 14.9. The van der Waals surface area contributed by atoms with Crippen LogP contribution in [-0.2, 0) is 5.41 Å². The van der Waals surface area contributed by atoms with Gasteiger partial charge in [-0.05, 0) is 12.1 Å². The molecule has 4 nitrogen and oxygen atoms in total. The molecule has 110 valence electrons. The Hall–Kier alpha value is -1.55. The van der Waals surface area contributed by atoms with E-state index in [1.54, 1.807) is 0 Å². The van der Waals surface area contributed by atoms with Crippen molar-refractivity contribution in [1.82, 2.24) is 14.7 Å². The molecule has 0 bridgehead atoms. The molecule has 0 amide bonds. The lowest BCUT2D eigenvalue weighted by atomic mass is 9.93. The first-order valence-electron chi connectivity index (χ1n) is 7.21. The van der Waals surface area contributed by atoms with Crippen LogP contribution in [0, 0.1) is 0 Å².